The lowest BCUT2D eigenvalue weighted by Gasteiger charge is -2.18. The third-order valence-corrected chi connectivity index (χ3v) is 5.03. The number of H-pyrrole nitrogens is 1. The highest BCUT2D eigenvalue weighted by Gasteiger charge is 2.23. The van der Waals surface area contributed by atoms with Gasteiger partial charge in [-0.05, 0) is 30.5 Å². The van der Waals surface area contributed by atoms with E-state index in [1.54, 1.807) is 18.6 Å². The van der Waals surface area contributed by atoms with Crippen LogP contribution < -0.4 is 5.32 Å². The Kier molecular flexibility index (Phi) is 5.31. The third kappa shape index (κ3) is 3.87. The monoisotopic (exact) mass is 369 g/mol. The van der Waals surface area contributed by atoms with Crippen molar-refractivity contribution in [2.24, 2.45) is 0 Å². The first-order valence-electron chi connectivity index (χ1n) is 9.51. The lowest BCUT2D eigenvalue weighted by Crippen LogP contribution is -2.30. The van der Waals surface area contributed by atoms with Gasteiger partial charge in [-0.2, -0.15) is 0 Å². The van der Waals surface area contributed by atoms with Gasteiger partial charge >= 0.3 is 0 Å². The molecule has 0 aliphatic heterocycles. The number of benzene rings is 2. The number of aromatic amines is 1. The zero-order valence-corrected chi connectivity index (χ0v) is 15.9. The van der Waals surface area contributed by atoms with Gasteiger partial charge in [-0.25, -0.2) is 0 Å². The number of aryl methyl sites for hydroxylation is 1. The molecule has 2 heterocycles. The van der Waals surface area contributed by atoms with E-state index in [0.717, 1.165) is 29.4 Å². The maximum Gasteiger partial charge on any atom is 0.186 e. The molecule has 2 aromatic carbocycles. The van der Waals surface area contributed by atoms with Crippen molar-refractivity contribution in [1.29, 1.82) is 0 Å². The summed E-state index contributed by atoms with van der Waals surface area (Å²) in [5.41, 5.74) is 5.05. The normalized spacial score (nSPS) is 12.2. The largest absolute Gasteiger partial charge is 0.359 e. The van der Waals surface area contributed by atoms with Gasteiger partial charge in [0.05, 0.1) is 17.8 Å². The van der Waals surface area contributed by atoms with Crippen molar-refractivity contribution in [3.05, 3.63) is 102 Å². The molecule has 4 heteroatoms. The first kappa shape index (κ1) is 18.1. The van der Waals surface area contributed by atoms with Crippen LogP contribution in [0.2, 0.25) is 0 Å². The third-order valence-electron chi connectivity index (χ3n) is 5.03. The van der Waals surface area contributed by atoms with E-state index in [-0.39, 0.29) is 11.8 Å². The molecular weight excluding hydrogens is 346 g/mol. The fourth-order valence-corrected chi connectivity index (χ4v) is 3.45. The Balaban J connectivity index is 1.57. The average Bonchev–Trinajstić information content (AvgIpc) is 3.17. The van der Waals surface area contributed by atoms with E-state index < -0.39 is 0 Å². The number of hydrogen-bond acceptors (Lipinski definition) is 3. The SMILES string of the molecule is Cc1ccc(CCN[C@H](C(=O)c2c[nH]c3cnccc23)c2ccccc2)cc1. The summed E-state index contributed by atoms with van der Waals surface area (Å²) >= 11 is 0. The van der Waals surface area contributed by atoms with Gasteiger partial charge in [0.15, 0.2) is 5.78 Å². The van der Waals surface area contributed by atoms with Gasteiger partial charge in [0, 0.05) is 29.9 Å². The van der Waals surface area contributed by atoms with Crippen molar-refractivity contribution in [2.75, 3.05) is 6.54 Å². The van der Waals surface area contributed by atoms with Crippen LogP contribution in [0, 0.1) is 6.92 Å². The number of pyridine rings is 1. The standard InChI is InChI=1S/C24H23N3O/c1-17-7-9-18(10-8-17)11-14-26-23(19-5-3-2-4-6-19)24(28)21-15-27-22-16-25-13-12-20(21)22/h2-10,12-13,15-16,23,26-27H,11,14H2,1H3/t23-/m0/s1. The van der Waals surface area contributed by atoms with Crippen molar-refractivity contribution in [3.63, 3.8) is 0 Å². The minimum atomic E-state index is -0.390. The Hall–Kier alpha value is -3.24. The first-order chi connectivity index (χ1) is 13.7. The molecule has 1 atom stereocenters. The van der Waals surface area contributed by atoms with Crippen molar-refractivity contribution >= 4 is 16.7 Å². The molecule has 0 radical (unpaired) electrons. The molecule has 0 saturated carbocycles. The molecule has 0 fully saturated rings. The van der Waals surface area contributed by atoms with Gasteiger partial charge in [-0.15, -0.1) is 0 Å². The van der Waals surface area contributed by atoms with E-state index in [1.165, 1.54) is 11.1 Å². The van der Waals surface area contributed by atoms with E-state index in [0.29, 0.717) is 5.56 Å². The summed E-state index contributed by atoms with van der Waals surface area (Å²) in [7, 11) is 0. The molecule has 0 amide bonds. The number of nitrogens with zero attached hydrogens (tertiary/aromatic N) is 1. The van der Waals surface area contributed by atoms with Crippen LogP contribution in [0.25, 0.3) is 10.9 Å². The Morgan fingerprint density at radius 1 is 1.07 bits per heavy atom. The van der Waals surface area contributed by atoms with Gasteiger partial charge in [0.1, 0.15) is 0 Å². The summed E-state index contributed by atoms with van der Waals surface area (Å²) in [5, 5.41) is 4.38. The van der Waals surface area contributed by atoms with E-state index in [9.17, 15) is 4.79 Å². The van der Waals surface area contributed by atoms with Crippen LogP contribution in [0.3, 0.4) is 0 Å². The fraction of sp³-hybridized carbons (Fsp3) is 0.167. The Morgan fingerprint density at radius 3 is 2.64 bits per heavy atom. The summed E-state index contributed by atoms with van der Waals surface area (Å²) in [6.45, 7) is 2.81. The fourth-order valence-electron chi connectivity index (χ4n) is 3.45. The first-order valence-corrected chi connectivity index (χ1v) is 9.51. The van der Waals surface area contributed by atoms with Gasteiger partial charge in [-0.3, -0.25) is 9.78 Å². The Bertz CT molecular complexity index is 1070. The van der Waals surface area contributed by atoms with Crippen molar-refractivity contribution in [2.45, 2.75) is 19.4 Å². The summed E-state index contributed by atoms with van der Waals surface area (Å²) < 4.78 is 0. The molecule has 0 unspecified atom stereocenters. The maximum absolute atomic E-state index is 13.4. The molecule has 0 bridgehead atoms. The van der Waals surface area contributed by atoms with E-state index in [4.69, 9.17) is 0 Å². The van der Waals surface area contributed by atoms with Crippen LogP contribution in [-0.2, 0) is 6.42 Å². The van der Waals surface area contributed by atoms with Crippen molar-refractivity contribution < 1.29 is 4.79 Å². The smallest absolute Gasteiger partial charge is 0.186 e. The predicted octanol–water partition coefficient (Wildman–Crippen LogP) is 4.63. The molecule has 2 aromatic heterocycles. The predicted molar refractivity (Wildman–Crippen MR) is 112 cm³/mol. The highest BCUT2D eigenvalue weighted by Crippen LogP contribution is 2.24. The number of Topliss-reactive ketones (excluding diaryl/α,β-unsaturated/α-hetero) is 1. The lowest BCUT2D eigenvalue weighted by molar-refractivity contribution is 0.0945. The van der Waals surface area contributed by atoms with Crippen LogP contribution >= 0.6 is 0 Å². The van der Waals surface area contributed by atoms with Gasteiger partial charge in [0.2, 0.25) is 0 Å². The van der Waals surface area contributed by atoms with Crippen LogP contribution in [-0.4, -0.2) is 22.3 Å². The molecule has 0 spiro atoms. The Labute approximate surface area is 164 Å². The number of fused-ring (bicyclic) bond motifs is 1. The van der Waals surface area contributed by atoms with Crippen molar-refractivity contribution in [1.82, 2.24) is 15.3 Å². The van der Waals surface area contributed by atoms with Crippen molar-refractivity contribution in [3.8, 4) is 0 Å². The second-order valence-corrected chi connectivity index (χ2v) is 7.02. The molecule has 0 saturated heterocycles. The topological polar surface area (TPSA) is 57.8 Å². The molecule has 28 heavy (non-hydrogen) atoms. The molecule has 2 N–H and O–H groups in total. The number of carbonyl (C=O) groups is 1. The summed E-state index contributed by atoms with van der Waals surface area (Å²) in [4.78, 5) is 20.7. The number of hydrogen-bond donors (Lipinski definition) is 2. The number of aromatic nitrogens is 2. The highest BCUT2D eigenvalue weighted by atomic mass is 16.1. The van der Waals surface area contributed by atoms with Crippen LogP contribution in [0.4, 0.5) is 0 Å². The highest BCUT2D eigenvalue weighted by molar-refractivity contribution is 6.10. The lowest BCUT2D eigenvalue weighted by atomic mass is 9.97. The molecule has 4 aromatic rings. The zero-order valence-electron chi connectivity index (χ0n) is 15.9. The quantitative estimate of drug-likeness (QED) is 0.467. The molecule has 140 valence electrons. The average molecular weight is 369 g/mol. The summed E-state index contributed by atoms with van der Waals surface area (Å²) in [6.07, 6.45) is 6.12. The second kappa shape index (κ2) is 8.19. The minimum absolute atomic E-state index is 0.0626. The number of carbonyl (C=O) groups excluding carboxylic acids is 1. The van der Waals surface area contributed by atoms with E-state index in [2.05, 4.69) is 46.5 Å². The number of rotatable bonds is 7. The minimum Gasteiger partial charge on any atom is -0.359 e. The summed E-state index contributed by atoms with van der Waals surface area (Å²) in [6, 6.07) is 19.9. The van der Waals surface area contributed by atoms with Crippen LogP contribution in [0.1, 0.15) is 33.1 Å². The maximum atomic E-state index is 13.4. The van der Waals surface area contributed by atoms with Gasteiger partial charge in [0.25, 0.3) is 0 Å². The number of nitrogens with one attached hydrogen (secondary N) is 2. The molecule has 4 nitrogen and oxygen atoms in total. The Morgan fingerprint density at radius 2 is 1.86 bits per heavy atom. The summed E-state index contributed by atoms with van der Waals surface area (Å²) in [5.74, 6) is 0.0626. The van der Waals surface area contributed by atoms with E-state index >= 15 is 0 Å². The molecule has 4 rings (SSSR count). The van der Waals surface area contributed by atoms with Gasteiger partial charge in [-0.1, -0.05) is 60.2 Å². The molecular formula is C24H23N3O. The van der Waals surface area contributed by atoms with Gasteiger partial charge < -0.3 is 10.3 Å². The van der Waals surface area contributed by atoms with Crippen LogP contribution in [0.15, 0.2) is 79.3 Å². The second-order valence-electron chi connectivity index (χ2n) is 7.02. The number of ketones is 1. The molecule has 0 aliphatic rings. The van der Waals surface area contributed by atoms with E-state index in [1.807, 2.05) is 36.4 Å². The molecule has 0 aliphatic carbocycles. The van der Waals surface area contributed by atoms with Crippen LogP contribution in [0.5, 0.6) is 0 Å². The zero-order chi connectivity index (χ0) is 19.3.